The summed E-state index contributed by atoms with van der Waals surface area (Å²) in [6, 6.07) is 14.2. The molecule has 180 valence electrons. The summed E-state index contributed by atoms with van der Waals surface area (Å²) in [5, 5.41) is 11.5. The van der Waals surface area contributed by atoms with Gasteiger partial charge >= 0.3 is 5.97 Å². The van der Waals surface area contributed by atoms with Gasteiger partial charge < -0.3 is 15.2 Å². The Balaban J connectivity index is 0.00000199. The molecule has 0 spiro atoms. The molecule has 0 bridgehead atoms. The molecule has 0 unspecified atom stereocenters. The minimum atomic E-state index is -2.62. The second kappa shape index (κ2) is 12.4. The summed E-state index contributed by atoms with van der Waals surface area (Å²) >= 11 is 0. The van der Waals surface area contributed by atoms with E-state index in [1.807, 2.05) is 0 Å². The Morgan fingerprint density at radius 3 is 2.32 bits per heavy atom. The summed E-state index contributed by atoms with van der Waals surface area (Å²) in [5.41, 5.74) is 1.45. The summed E-state index contributed by atoms with van der Waals surface area (Å²) in [4.78, 5) is 23.3. The molecule has 2 N–H and O–H groups in total. The van der Waals surface area contributed by atoms with Crippen LogP contribution >= 0.6 is 0 Å². The van der Waals surface area contributed by atoms with E-state index in [0.29, 0.717) is 29.6 Å². The number of carbonyl (C=O) groups is 2. The smallest absolute Gasteiger partial charge is 0.307 e. The molecule has 0 aliphatic rings. The molecule has 0 heterocycles. The number of hydrogen-bond acceptors (Lipinski definition) is 3. The SMILES string of the molecule is CF.Cc1cc(C(F)F)ccc1C(=O)NCc1cc(F)cc(Oc2cccc(CC(=O)O)c2)c1. The van der Waals surface area contributed by atoms with Gasteiger partial charge in [0.05, 0.1) is 13.6 Å². The van der Waals surface area contributed by atoms with Crippen molar-refractivity contribution in [3.05, 3.63) is 94.3 Å². The molecular formula is C25H23F4NO4. The van der Waals surface area contributed by atoms with Gasteiger partial charge in [0.1, 0.15) is 17.3 Å². The van der Waals surface area contributed by atoms with E-state index in [4.69, 9.17) is 9.84 Å². The lowest BCUT2D eigenvalue weighted by atomic mass is 10.0. The fourth-order valence-electron chi connectivity index (χ4n) is 3.17. The predicted molar refractivity (Wildman–Crippen MR) is 119 cm³/mol. The molecule has 3 aromatic carbocycles. The third kappa shape index (κ3) is 7.61. The van der Waals surface area contributed by atoms with Gasteiger partial charge in [-0.15, -0.1) is 0 Å². The van der Waals surface area contributed by atoms with E-state index in [1.54, 1.807) is 37.3 Å². The van der Waals surface area contributed by atoms with Gasteiger partial charge in [0.15, 0.2) is 0 Å². The number of halogens is 4. The van der Waals surface area contributed by atoms with E-state index in [-0.39, 0.29) is 29.8 Å². The number of carboxylic acids is 1. The van der Waals surface area contributed by atoms with Gasteiger partial charge in [0.25, 0.3) is 12.3 Å². The standard InChI is InChI=1S/C24H20F3NO4.CH3F/c1-14-7-17(23(26)27)5-6-21(14)24(31)28-13-16-8-18(25)12-20(10-16)32-19-4-2-3-15(9-19)11-22(29)30;1-2/h2-10,12,23H,11,13H2,1H3,(H,28,31)(H,29,30);1H3. The van der Waals surface area contributed by atoms with Gasteiger partial charge in [-0.1, -0.05) is 18.2 Å². The highest BCUT2D eigenvalue weighted by Crippen LogP contribution is 2.25. The molecule has 34 heavy (non-hydrogen) atoms. The van der Waals surface area contributed by atoms with Crippen LogP contribution in [0, 0.1) is 12.7 Å². The van der Waals surface area contributed by atoms with E-state index >= 15 is 0 Å². The Kier molecular flexibility index (Phi) is 9.61. The number of carbonyl (C=O) groups excluding carboxylic acids is 1. The summed E-state index contributed by atoms with van der Waals surface area (Å²) < 4.78 is 54.8. The van der Waals surface area contributed by atoms with Crippen LogP contribution in [-0.4, -0.2) is 24.2 Å². The van der Waals surface area contributed by atoms with Crippen LogP contribution in [0.5, 0.6) is 11.5 Å². The van der Waals surface area contributed by atoms with Crippen molar-refractivity contribution in [1.29, 1.82) is 0 Å². The highest BCUT2D eigenvalue weighted by atomic mass is 19.3. The summed E-state index contributed by atoms with van der Waals surface area (Å²) in [6.45, 7) is 1.55. The quantitative estimate of drug-likeness (QED) is 0.390. The monoisotopic (exact) mass is 477 g/mol. The van der Waals surface area contributed by atoms with E-state index in [1.165, 1.54) is 30.3 Å². The Labute approximate surface area is 194 Å². The zero-order chi connectivity index (χ0) is 25.3. The van der Waals surface area contributed by atoms with E-state index in [9.17, 15) is 27.2 Å². The second-order valence-corrected chi connectivity index (χ2v) is 7.17. The third-order valence-electron chi connectivity index (χ3n) is 4.62. The molecule has 5 nitrogen and oxygen atoms in total. The van der Waals surface area contributed by atoms with Crippen LogP contribution in [-0.2, 0) is 17.8 Å². The van der Waals surface area contributed by atoms with Gasteiger partial charge in [-0.2, -0.15) is 0 Å². The van der Waals surface area contributed by atoms with Crippen LogP contribution in [0.4, 0.5) is 17.6 Å². The first kappa shape index (κ1) is 26.4. The number of ether oxygens (including phenoxy) is 1. The molecular weight excluding hydrogens is 454 g/mol. The van der Waals surface area contributed by atoms with Crippen LogP contribution in [0.15, 0.2) is 60.7 Å². The molecule has 0 atom stereocenters. The number of aliphatic carboxylic acids is 1. The van der Waals surface area contributed by atoms with Crippen molar-refractivity contribution in [2.75, 3.05) is 7.18 Å². The zero-order valence-electron chi connectivity index (χ0n) is 18.4. The number of benzene rings is 3. The van der Waals surface area contributed by atoms with Crippen LogP contribution in [0.25, 0.3) is 0 Å². The lowest BCUT2D eigenvalue weighted by molar-refractivity contribution is -0.136. The largest absolute Gasteiger partial charge is 0.481 e. The van der Waals surface area contributed by atoms with Gasteiger partial charge in [-0.3, -0.25) is 14.0 Å². The topological polar surface area (TPSA) is 75.6 Å². The van der Waals surface area contributed by atoms with Crippen molar-refractivity contribution in [1.82, 2.24) is 5.32 Å². The summed E-state index contributed by atoms with van der Waals surface area (Å²) in [5.74, 6) is -1.51. The number of hydrogen-bond donors (Lipinski definition) is 2. The van der Waals surface area contributed by atoms with E-state index in [2.05, 4.69) is 5.32 Å². The molecule has 3 rings (SSSR count). The molecule has 0 aliphatic heterocycles. The maximum absolute atomic E-state index is 14.1. The number of nitrogens with one attached hydrogen (secondary N) is 1. The Bertz CT molecular complexity index is 1150. The van der Waals surface area contributed by atoms with Crippen molar-refractivity contribution in [2.45, 2.75) is 26.3 Å². The first-order valence-electron chi connectivity index (χ1n) is 10.0. The first-order valence-corrected chi connectivity index (χ1v) is 10.0. The summed E-state index contributed by atoms with van der Waals surface area (Å²) in [7, 11) is 0.500. The molecule has 3 aromatic rings. The Morgan fingerprint density at radius 1 is 0.971 bits per heavy atom. The van der Waals surface area contributed by atoms with Gasteiger partial charge in [-0.05, 0) is 60.0 Å². The molecule has 1 amide bonds. The second-order valence-electron chi connectivity index (χ2n) is 7.17. The van der Waals surface area contributed by atoms with Gasteiger partial charge in [-0.25, -0.2) is 13.2 Å². The van der Waals surface area contributed by atoms with Crippen LogP contribution in [0.2, 0.25) is 0 Å². The number of alkyl halides is 3. The van der Waals surface area contributed by atoms with E-state index in [0.717, 1.165) is 0 Å². The average molecular weight is 477 g/mol. The Hall–Kier alpha value is -3.88. The maximum atomic E-state index is 14.1. The molecule has 0 aliphatic carbocycles. The third-order valence-corrected chi connectivity index (χ3v) is 4.62. The fourth-order valence-corrected chi connectivity index (χ4v) is 3.17. The average Bonchev–Trinajstić information content (AvgIpc) is 2.78. The predicted octanol–water partition coefficient (Wildman–Crippen LogP) is 6.01. The minimum absolute atomic E-state index is 0.0119. The molecule has 9 heteroatoms. The molecule has 0 fully saturated rings. The van der Waals surface area contributed by atoms with Crippen molar-refractivity contribution >= 4 is 11.9 Å². The zero-order valence-corrected chi connectivity index (χ0v) is 18.4. The summed E-state index contributed by atoms with van der Waals surface area (Å²) in [6.07, 6.45) is -2.80. The molecule has 0 saturated heterocycles. The van der Waals surface area contributed by atoms with Crippen LogP contribution in [0.1, 0.15) is 39.0 Å². The van der Waals surface area contributed by atoms with E-state index < -0.39 is 24.1 Å². The lowest BCUT2D eigenvalue weighted by Crippen LogP contribution is -2.23. The van der Waals surface area contributed by atoms with Gasteiger partial charge in [0, 0.05) is 23.7 Å². The lowest BCUT2D eigenvalue weighted by Gasteiger charge is -2.11. The number of carboxylic acid groups (broad SMARTS) is 1. The first-order chi connectivity index (χ1) is 16.2. The fraction of sp³-hybridized carbons (Fsp3) is 0.200. The van der Waals surface area contributed by atoms with Crippen LogP contribution in [0.3, 0.4) is 0 Å². The van der Waals surface area contributed by atoms with Crippen molar-refractivity contribution in [2.24, 2.45) is 0 Å². The minimum Gasteiger partial charge on any atom is -0.481 e. The molecule has 0 saturated carbocycles. The number of amides is 1. The van der Waals surface area contributed by atoms with Crippen molar-refractivity contribution in [3.8, 4) is 11.5 Å². The van der Waals surface area contributed by atoms with Crippen LogP contribution < -0.4 is 10.1 Å². The highest BCUT2D eigenvalue weighted by molar-refractivity contribution is 5.95. The maximum Gasteiger partial charge on any atom is 0.307 e. The number of rotatable bonds is 8. The van der Waals surface area contributed by atoms with Crippen molar-refractivity contribution < 1.29 is 37.0 Å². The highest BCUT2D eigenvalue weighted by Gasteiger charge is 2.14. The molecule has 0 aromatic heterocycles. The van der Waals surface area contributed by atoms with Crippen molar-refractivity contribution in [3.63, 3.8) is 0 Å². The molecule has 0 radical (unpaired) electrons. The Morgan fingerprint density at radius 2 is 1.68 bits per heavy atom. The van der Waals surface area contributed by atoms with Gasteiger partial charge in [0.2, 0.25) is 0 Å². The number of aryl methyl sites for hydroxylation is 1. The normalized spacial score (nSPS) is 10.3.